The van der Waals surface area contributed by atoms with Gasteiger partial charge in [-0.25, -0.2) is 0 Å². The number of aromatic hydroxyl groups is 2. The molecule has 0 aliphatic heterocycles. The minimum absolute atomic E-state index is 0.0428. The summed E-state index contributed by atoms with van der Waals surface area (Å²) in [5, 5.41) is 29.1. The van der Waals surface area contributed by atoms with Gasteiger partial charge in [0.15, 0.2) is 0 Å². The Labute approximate surface area is 148 Å². The number of aryl methyl sites for hydroxylation is 2. The topological polar surface area (TPSA) is 77.8 Å². The average Bonchev–Trinajstić information content (AvgIpc) is 2.60. The highest BCUT2D eigenvalue weighted by Gasteiger charge is 2.30. The number of aliphatic carboxylic acids is 1. The summed E-state index contributed by atoms with van der Waals surface area (Å²) >= 11 is 0. The van der Waals surface area contributed by atoms with Gasteiger partial charge in [0.25, 0.3) is 0 Å². The fourth-order valence-electron chi connectivity index (χ4n) is 3.24. The van der Waals surface area contributed by atoms with Crippen LogP contribution < -0.4 is 0 Å². The van der Waals surface area contributed by atoms with E-state index in [0.29, 0.717) is 19.3 Å². The molecule has 0 heterocycles. The summed E-state index contributed by atoms with van der Waals surface area (Å²) in [6, 6.07) is 11.0. The fourth-order valence-corrected chi connectivity index (χ4v) is 3.24. The Bertz CT molecular complexity index is 711. The van der Waals surface area contributed by atoms with Gasteiger partial charge in [0.05, 0.1) is 0 Å². The van der Waals surface area contributed by atoms with Crippen LogP contribution >= 0.6 is 0 Å². The van der Waals surface area contributed by atoms with Crippen molar-refractivity contribution >= 4 is 5.97 Å². The van der Waals surface area contributed by atoms with Crippen molar-refractivity contribution in [2.24, 2.45) is 0 Å². The highest BCUT2D eigenvalue weighted by atomic mass is 16.4. The summed E-state index contributed by atoms with van der Waals surface area (Å²) in [7, 11) is 0. The van der Waals surface area contributed by atoms with Crippen molar-refractivity contribution in [3.05, 3.63) is 58.7 Å². The Kier molecular flexibility index (Phi) is 5.73. The van der Waals surface area contributed by atoms with Crippen LogP contribution in [-0.2, 0) is 23.1 Å². The normalized spacial score (nSPS) is 11.5. The quantitative estimate of drug-likeness (QED) is 0.697. The molecule has 0 aliphatic rings. The predicted octanol–water partition coefficient (Wildman–Crippen LogP) is 4.39. The first kappa shape index (κ1) is 18.8. The summed E-state index contributed by atoms with van der Waals surface area (Å²) in [5.74, 6) is -0.325. The zero-order chi connectivity index (χ0) is 18.6. The minimum atomic E-state index is -0.838. The van der Waals surface area contributed by atoms with Gasteiger partial charge in [-0.1, -0.05) is 45.0 Å². The summed E-state index contributed by atoms with van der Waals surface area (Å²) in [6.45, 7) is 5.97. The van der Waals surface area contributed by atoms with E-state index in [0.717, 1.165) is 22.3 Å². The second-order valence-corrected chi connectivity index (χ2v) is 6.62. The van der Waals surface area contributed by atoms with E-state index in [1.807, 2.05) is 45.0 Å². The van der Waals surface area contributed by atoms with Gasteiger partial charge < -0.3 is 15.3 Å². The maximum Gasteiger partial charge on any atom is 0.303 e. The lowest BCUT2D eigenvalue weighted by molar-refractivity contribution is -0.137. The highest BCUT2D eigenvalue weighted by Crippen LogP contribution is 2.39. The Morgan fingerprint density at radius 3 is 1.72 bits per heavy atom. The lowest BCUT2D eigenvalue weighted by Crippen LogP contribution is -2.25. The molecule has 0 bridgehead atoms. The van der Waals surface area contributed by atoms with Gasteiger partial charge in [0.1, 0.15) is 11.5 Å². The standard InChI is InChI=1S/C21H26O4/c1-4-14-12-16(6-8-18(14)22)21(3,11-10-20(24)25)17-7-9-19(23)15(5-2)13-17/h6-9,12-13,22-23H,4-5,10-11H2,1-3H3,(H,24,25). The molecule has 3 N–H and O–H groups in total. The smallest absolute Gasteiger partial charge is 0.303 e. The number of phenolic OH excluding ortho intramolecular Hbond substituents is 2. The number of carbonyl (C=O) groups is 1. The molecule has 2 aromatic rings. The van der Waals surface area contributed by atoms with Crippen molar-refractivity contribution in [1.29, 1.82) is 0 Å². The van der Waals surface area contributed by atoms with Crippen molar-refractivity contribution < 1.29 is 20.1 Å². The van der Waals surface area contributed by atoms with Gasteiger partial charge in [0, 0.05) is 11.8 Å². The van der Waals surface area contributed by atoms with Crippen molar-refractivity contribution in [3.8, 4) is 11.5 Å². The van der Waals surface area contributed by atoms with E-state index in [-0.39, 0.29) is 17.9 Å². The lowest BCUT2D eigenvalue weighted by Gasteiger charge is -2.32. The van der Waals surface area contributed by atoms with Crippen LogP contribution in [-0.4, -0.2) is 21.3 Å². The monoisotopic (exact) mass is 342 g/mol. The van der Waals surface area contributed by atoms with Crippen molar-refractivity contribution in [3.63, 3.8) is 0 Å². The third-order valence-corrected chi connectivity index (χ3v) is 5.03. The molecule has 4 heteroatoms. The largest absolute Gasteiger partial charge is 0.508 e. The number of rotatable bonds is 7. The molecule has 0 amide bonds. The molecular weight excluding hydrogens is 316 g/mol. The number of carboxylic acid groups (broad SMARTS) is 1. The number of hydrogen-bond donors (Lipinski definition) is 3. The van der Waals surface area contributed by atoms with Gasteiger partial charge in [-0.15, -0.1) is 0 Å². The molecule has 0 atom stereocenters. The number of phenols is 2. The van der Waals surface area contributed by atoms with E-state index < -0.39 is 11.4 Å². The number of benzene rings is 2. The molecule has 25 heavy (non-hydrogen) atoms. The molecule has 0 saturated heterocycles. The molecule has 2 rings (SSSR count). The van der Waals surface area contributed by atoms with Gasteiger partial charge in [-0.3, -0.25) is 4.79 Å². The zero-order valence-electron chi connectivity index (χ0n) is 15.0. The molecule has 0 aromatic heterocycles. The maximum atomic E-state index is 11.2. The summed E-state index contributed by atoms with van der Waals surface area (Å²) in [4.78, 5) is 11.2. The molecule has 0 radical (unpaired) electrons. The van der Waals surface area contributed by atoms with E-state index in [9.17, 15) is 20.1 Å². The Morgan fingerprint density at radius 2 is 1.36 bits per heavy atom. The van der Waals surface area contributed by atoms with Gasteiger partial charge >= 0.3 is 5.97 Å². The summed E-state index contributed by atoms with van der Waals surface area (Å²) < 4.78 is 0. The SMILES string of the molecule is CCc1cc(C(C)(CCC(=O)O)c2ccc(O)c(CC)c2)ccc1O. The molecular formula is C21H26O4. The van der Waals surface area contributed by atoms with Gasteiger partial charge in [0.2, 0.25) is 0 Å². The molecule has 134 valence electrons. The first-order chi connectivity index (χ1) is 11.8. The molecule has 0 fully saturated rings. The van der Waals surface area contributed by atoms with Crippen LogP contribution in [0.25, 0.3) is 0 Å². The zero-order valence-corrected chi connectivity index (χ0v) is 15.0. The molecule has 0 aliphatic carbocycles. The van der Waals surface area contributed by atoms with Crippen LogP contribution in [0, 0.1) is 0 Å². The summed E-state index contributed by atoms with van der Waals surface area (Å²) in [6.07, 6.45) is 1.88. The first-order valence-electron chi connectivity index (χ1n) is 8.68. The van der Waals surface area contributed by atoms with Crippen LogP contribution in [0.5, 0.6) is 11.5 Å². The van der Waals surface area contributed by atoms with Crippen molar-refractivity contribution in [2.45, 2.75) is 51.9 Å². The van der Waals surface area contributed by atoms with Crippen molar-refractivity contribution in [2.75, 3.05) is 0 Å². The van der Waals surface area contributed by atoms with E-state index in [1.54, 1.807) is 12.1 Å². The molecule has 2 aromatic carbocycles. The minimum Gasteiger partial charge on any atom is -0.508 e. The van der Waals surface area contributed by atoms with Crippen LogP contribution in [0.4, 0.5) is 0 Å². The molecule has 0 saturated carbocycles. The van der Waals surface area contributed by atoms with E-state index in [4.69, 9.17) is 0 Å². The Balaban J connectivity index is 2.59. The third-order valence-electron chi connectivity index (χ3n) is 5.03. The predicted molar refractivity (Wildman–Crippen MR) is 98.3 cm³/mol. The maximum absolute atomic E-state index is 11.2. The molecule has 0 spiro atoms. The van der Waals surface area contributed by atoms with Crippen LogP contribution in [0.1, 0.15) is 55.9 Å². The molecule has 0 unspecified atom stereocenters. The van der Waals surface area contributed by atoms with E-state index >= 15 is 0 Å². The van der Waals surface area contributed by atoms with Gasteiger partial charge in [-0.2, -0.15) is 0 Å². The third kappa shape index (κ3) is 3.95. The second-order valence-electron chi connectivity index (χ2n) is 6.62. The molecule has 4 nitrogen and oxygen atoms in total. The van der Waals surface area contributed by atoms with E-state index in [1.165, 1.54) is 0 Å². The number of hydrogen-bond acceptors (Lipinski definition) is 3. The lowest BCUT2D eigenvalue weighted by atomic mass is 9.72. The fraction of sp³-hybridized carbons (Fsp3) is 0.381. The number of carboxylic acids is 1. The van der Waals surface area contributed by atoms with Crippen LogP contribution in [0.15, 0.2) is 36.4 Å². The second kappa shape index (κ2) is 7.60. The van der Waals surface area contributed by atoms with Crippen LogP contribution in [0.3, 0.4) is 0 Å². The van der Waals surface area contributed by atoms with E-state index in [2.05, 4.69) is 0 Å². The van der Waals surface area contributed by atoms with Gasteiger partial charge in [-0.05, 0) is 53.6 Å². The average molecular weight is 342 g/mol. The highest BCUT2D eigenvalue weighted by molar-refractivity contribution is 5.67. The Hall–Kier alpha value is -2.49. The van der Waals surface area contributed by atoms with Crippen LogP contribution in [0.2, 0.25) is 0 Å². The Morgan fingerprint density at radius 1 is 0.920 bits per heavy atom. The summed E-state index contributed by atoms with van der Waals surface area (Å²) in [5.41, 5.74) is 3.10. The van der Waals surface area contributed by atoms with Crippen molar-refractivity contribution in [1.82, 2.24) is 0 Å². The first-order valence-corrected chi connectivity index (χ1v) is 8.68.